The van der Waals surface area contributed by atoms with E-state index in [2.05, 4.69) is 40.5 Å². The molecule has 2 atom stereocenters. The summed E-state index contributed by atoms with van der Waals surface area (Å²) >= 11 is 0. The lowest BCUT2D eigenvalue weighted by atomic mass is 10.00. The number of aryl methyl sites for hydroxylation is 1. The van der Waals surface area contributed by atoms with E-state index in [4.69, 9.17) is 4.42 Å². The summed E-state index contributed by atoms with van der Waals surface area (Å²) in [4.78, 5) is 36.5. The summed E-state index contributed by atoms with van der Waals surface area (Å²) < 4.78 is 5.36. The van der Waals surface area contributed by atoms with Crippen molar-refractivity contribution in [1.82, 2.24) is 25.5 Å². The van der Waals surface area contributed by atoms with E-state index < -0.39 is 12.1 Å². The fraction of sp³-hybridized carbons (Fsp3) is 0.333. The fourth-order valence-corrected chi connectivity index (χ4v) is 4.59. The minimum absolute atomic E-state index is 0.208. The third kappa shape index (κ3) is 8.58. The maximum atomic E-state index is 13.4. The molecule has 9 heteroatoms. The average Bonchev–Trinajstić information content (AvgIpc) is 3.41. The fourth-order valence-electron chi connectivity index (χ4n) is 4.59. The minimum atomic E-state index is -0.865. The second-order valence-electron chi connectivity index (χ2n) is 10.9. The van der Waals surface area contributed by atoms with Gasteiger partial charge in [0.2, 0.25) is 5.89 Å². The zero-order valence-electron chi connectivity index (χ0n) is 24.6. The predicted octanol–water partition coefficient (Wildman–Crippen LogP) is 4.27. The van der Waals surface area contributed by atoms with E-state index in [1.807, 2.05) is 49.6 Å². The molecule has 0 radical (unpaired) electrons. The number of aromatic nitrogens is 2. The number of benzene rings is 2. The van der Waals surface area contributed by atoms with E-state index in [1.165, 1.54) is 11.2 Å². The van der Waals surface area contributed by atoms with Gasteiger partial charge in [0, 0.05) is 43.7 Å². The smallest absolute Gasteiger partial charge is 0.254 e. The van der Waals surface area contributed by atoms with Gasteiger partial charge in [0.1, 0.15) is 6.26 Å². The van der Waals surface area contributed by atoms with Crippen molar-refractivity contribution >= 4 is 11.8 Å². The molecule has 0 aliphatic rings. The number of carbonyl (C=O) groups is 2. The zero-order chi connectivity index (χ0) is 30.1. The summed E-state index contributed by atoms with van der Waals surface area (Å²) in [7, 11) is 1.66. The van der Waals surface area contributed by atoms with E-state index in [9.17, 15) is 14.7 Å². The lowest BCUT2D eigenvalue weighted by molar-refractivity contribution is 0.0772. The van der Waals surface area contributed by atoms with Crippen molar-refractivity contribution in [3.05, 3.63) is 119 Å². The molecule has 4 rings (SSSR count). The van der Waals surface area contributed by atoms with Gasteiger partial charge in [-0.05, 0) is 54.2 Å². The SMILES string of the molecule is Cc1coc(CN(C)C(=O)c2cccc(C(=O)N[C@@H](Cc3ccccc3)[C@H](O)CNCc3cncc(C(C)C)c3)c2)n1. The number of aliphatic hydroxyl groups excluding tert-OH is 1. The molecule has 42 heavy (non-hydrogen) atoms. The summed E-state index contributed by atoms with van der Waals surface area (Å²) in [5.41, 5.74) is 4.61. The quantitative estimate of drug-likeness (QED) is 0.220. The Kier molecular flexibility index (Phi) is 10.6. The van der Waals surface area contributed by atoms with Crippen molar-refractivity contribution in [2.75, 3.05) is 13.6 Å². The predicted molar refractivity (Wildman–Crippen MR) is 161 cm³/mol. The average molecular weight is 570 g/mol. The van der Waals surface area contributed by atoms with Gasteiger partial charge < -0.3 is 25.1 Å². The zero-order valence-corrected chi connectivity index (χ0v) is 24.6. The van der Waals surface area contributed by atoms with Crippen molar-refractivity contribution < 1.29 is 19.1 Å². The Hall–Kier alpha value is -4.34. The molecular formula is C33H39N5O4. The number of hydrogen-bond acceptors (Lipinski definition) is 7. The first kappa shape index (κ1) is 30.6. The lowest BCUT2D eigenvalue weighted by Gasteiger charge is -2.25. The second kappa shape index (κ2) is 14.5. The summed E-state index contributed by atoms with van der Waals surface area (Å²) in [6.07, 6.45) is 4.79. The number of aliphatic hydroxyl groups is 1. The van der Waals surface area contributed by atoms with Crippen LogP contribution in [0.15, 0.2) is 83.7 Å². The summed E-state index contributed by atoms with van der Waals surface area (Å²) in [5, 5.41) is 17.5. The molecule has 2 aromatic carbocycles. The highest BCUT2D eigenvalue weighted by Crippen LogP contribution is 2.15. The van der Waals surface area contributed by atoms with Crippen molar-refractivity contribution in [1.29, 1.82) is 0 Å². The monoisotopic (exact) mass is 569 g/mol. The molecule has 2 aromatic heterocycles. The van der Waals surface area contributed by atoms with Gasteiger partial charge in [0.05, 0.1) is 24.4 Å². The van der Waals surface area contributed by atoms with Crippen LogP contribution in [0.5, 0.6) is 0 Å². The van der Waals surface area contributed by atoms with Gasteiger partial charge in [-0.3, -0.25) is 14.6 Å². The van der Waals surface area contributed by atoms with Crippen molar-refractivity contribution in [2.45, 2.75) is 58.3 Å². The van der Waals surface area contributed by atoms with Gasteiger partial charge in [-0.25, -0.2) is 4.98 Å². The molecule has 0 saturated carbocycles. The Morgan fingerprint density at radius 2 is 1.76 bits per heavy atom. The Morgan fingerprint density at radius 1 is 1.00 bits per heavy atom. The van der Waals surface area contributed by atoms with Crippen LogP contribution in [-0.2, 0) is 19.5 Å². The first-order valence-corrected chi connectivity index (χ1v) is 14.1. The van der Waals surface area contributed by atoms with Gasteiger partial charge in [0.25, 0.3) is 11.8 Å². The Bertz CT molecular complexity index is 1470. The van der Waals surface area contributed by atoms with Crippen LogP contribution >= 0.6 is 0 Å². The Labute approximate surface area is 247 Å². The number of nitrogens with one attached hydrogen (secondary N) is 2. The molecule has 0 saturated heterocycles. The van der Waals surface area contributed by atoms with E-state index in [0.29, 0.717) is 35.9 Å². The first-order chi connectivity index (χ1) is 20.2. The van der Waals surface area contributed by atoms with Crippen LogP contribution in [0.3, 0.4) is 0 Å². The lowest BCUT2D eigenvalue weighted by Crippen LogP contribution is -2.48. The van der Waals surface area contributed by atoms with Crippen molar-refractivity contribution in [3.8, 4) is 0 Å². The van der Waals surface area contributed by atoms with Crippen molar-refractivity contribution in [3.63, 3.8) is 0 Å². The highest BCUT2D eigenvalue weighted by Gasteiger charge is 2.23. The second-order valence-corrected chi connectivity index (χ2v) is 10.9. The van der Waals surface area contributed by atoms with Crippen LogP contribution < -0.4 is 10.6 Å². The third-order valence-corrected chi connectivity index (χ3v) is 7.00. The van der Waals surface area contributed by atoms with Gasteiger partial charge in [-0.15, -0.1) is 0 Å². The first-order valence-electron chi connectivity index (χ1n) is 14.1. The largest absolute Gasteiger partial charge is 0.447 e. The maximum absolute atomic E-state index is 13.4. The van der Waals surface area contributed by atoms with E-state index in [0.717, 1.165) is 22.4 Å². The standard InChI is InChI=1S/C33H39N5O4/c1-22(2)28-13-25(16-34-18-28)17-35-19-30(39)29(14-24-9-6-5-7-10-24)37-32(40)26-11-8-12-27(15-26)33(41)38(4)20-31-36-23(3)21-42-31/h5-13,15-16,18,21-22,29-30,35,39H,14,17,19-20H2,1-4H3,(H,37,40)/t29-,30+/m0/s1. The molecule has 0 aliphatic carbocycles. The number of amides is 2. The number of oxazole rings is 1. The van der Waals surface area contributed by atoms with Gasteiger partial charge in [-0.2, -0.15) is 0 Å². The van der Waals surface area contributed by atoms with E-state index in [-0.39, 0.29) is 24.9 Å². The number of nitrogens with zero attached hydrogens (tertiary/aromatic N) is 3. The molecule has 0 spiro atoms. The Balaban J connectivity index is 1.42. The maximum Gasteiger partial charge on any atom is 0.254 e. The third-order valence-electron chi connectivity index (χ3n) is 7.00. The van der Waals surface area contributed by atoms with Crippen LogP contribution in [-0.4, -0.2) is 57.5 Å². The number of pyridine rings is 1. The highest BCUT2D eigenvalue weighted by molar-refractivity contribution is 5.99. The summed E-state index contributed by atoms with van der Waals surface area (Å²) in [6, 6.07) is 17.8. The van der Waals surface area contributed by atoms with Crippen molar-refractivity contribution in [2.24, 2.45) is 0 Å². The van der Waals surface area contributed by atoms with Crippen LogP contribution in [0.2, 0.25) is 0 Å². The summed E-state index contributed by atoms with van der Waals surface area (Å²) in [5.74, 6) is 0.179. The van der Waals surface area contributed by atoms with Crippen LogP contribution in [0.4, 0.5) is 0 Å². The molecule has 220 valence electrons. The topological polar surface area (TPSA) is 121 Å². The van der Waals surface area contributed by atoms with Crippen LogP contribution in [0.1, 0.15) is 68.8 Å². The highest BCUT2D eigenvalue weighted by atomic mass is 16.3. The molecule has 2 amide bonds. The van der Waals surface area contributed by atoms with Gasteiger partial charge in [-0.1, -0.05) is 56.3 Å². The normalized spacial score (nSPS) is 12.6. The molecule has 0 unspecified atom stereocenters. The van der Waals surface area contributed by atoms with E-state index >= 15 is 0 Å². The molecule has 3 N–H and O–H groups in total. The molecule has 0 bridgehead atoms. The molecule has 0 fully saturated rings. The van der Waals surface area contributed by atoms with Gasteiger partial charge in [0.15, 0.2) is 0 Å². The molecule has 0 aliphatic heterocycles. The number of carbonyl (C=O) groups excluding carboxylic acids is 2. The molecular weight excluding hydrogens is 530 g/mol. The van der Waals surface area contributed by atoms with Gasteiger partial charge >= 0.3 is 0 Å². The number of rotatable bonds is 13. The molecule has 9 nitrogen and oxygen atoms in total. The van der Waals surface area contributed by atoms with Crippen LogP contribution in [0.25, 0.3) is 0 Å². The number of hydrogen-bond donors (Lipinski definition) is 3. The summed E-state index contributed by atoms with van der Waals surface area (Å²) in [6.45, 7) is 7.09. The van der Waals surface area contributed by atoms with E-state index in [1.54, 1.807) is 31.3 Å². The Morgan fingerprint density at radius 3 is 2.48 bits per heavy atom. The molecule has 4 aromatic rings. The van der Waals surface area contributed by atoms with Crippen LogP contribution in [0, 0.1) is 6.92 Å². The minimum Gasteiger partial charge on any atom is -0.447 e. The molecule has 2 heterocycles.